The molecule has 122 valence electrons. The average Bonchev–Trinajstić information content (AvgIpc) is 2.49. The summed E-state index contributed by atoms with van der Waals surface area (Å²) < 4.78 is 18.3. The van der Waals surface area contributed by atoms with Crippen LogP contribution in [0.4, 0.5) is 4.39 Å². The van der Waals surface area contributed by atoms with Crippen LogP contribution in [0.25, 0.3) is 0 Å². The van der Waals surface area contributed by atoms with Gasteiger partial charge in [-0.3, -0.25) is 4.79 Å². The number of hydrogen-bond acceptors (Lipinski definition) is 2. The first-order valence-corrected chi connectivity index (χ1v) is 7.69. The molecule has 0 saturated heterocycles. The van der Waals surface area contributed by atoms with E-state index >= 15 is 0 Å². The highest BCUT2D eigenvalue weighted by Gasteiger charge is 2.12. The Morgan fingerprint density at radius 3 is 2.61 bits per heavy atom. The van der Waals surface area contributed by atoms with E-state index in [0.29, 0.717) is 0 Å². The lowest BCUT2D eigenvalue weighted by atomic mass is 10.0. The van der Waals surface area contributed by atoms with Gasteiger partial charge in [0.25, 0.3) is 5.91 Å². The van der Waals surface area contributed by atoms with Crippen LogP contribution >= 0.6 is 11.6 Å². The molecule has 1 amide bonds. The van der Waals surface area contributed by atoms with E-state index < -0.39 is 5.82 Å². The molecule has 1 N–H and O–H groups in total. The van der Waals surface area contributed by atoms with Gasteiger partial charge in [0.1, 0.15) is 11.6 Å². The summed E-state index contributed by atoms with van der Waals surface area (Å²) in [6.07, 6.45) is 0. The van der Waals surface area contributed by atoms with E-state index in [-0.39, 0.29) is 29.3 Å². The van der Waals surface area contributed by atoms with Crippen molar-refractivity contribution in [2.45, 2.75) is 26.8 Å². The van der Waals surface area contributed by atoms with E-state index in [2.05, 4.69) is 11.4 Å². The van der Waals surface area contributed by atoms with Gasteiger partial charge in [0, 0.05) is 0 Å². The number of ether oxygens (including phenoxy) is 1. The Hall–Kier alpha value is -2.07. The summed E-state index contributed by atoms with van der Waals surface area (Å²) in [5.41, 5.74) is 3.42. The van der Waals surface area contributed by atoms with Crippen molar-refractivity contribution in [2.24, 2.45) is 0 Å². The van der Waals surface area contributed by atoms with E-state index in [9.17, 15) is 9.18 Å². The van der Waals surface area contributed by atoms with E-state index in [1.54, 1.807) is 0 Å². The zero-order chi connectivity index (χ0) is 17.0. The quantitative estimate of drug-likeness (QED) is 0.882. The standard InChI is InChI=1S/C18H19ClFNO2/c1-11-4-5-14(8-12(11)2)13(3)21-18(22)10-23-17-7-6-15(20)9-16(17)19/h4-9,13H,10H2,1-3H3,(H,21,22)/t13-/m1/s1. The Morgan fingerprint density at radius 1 is 1.22 bits per heavy atom. The molecule has 0 aliphatic carbocycles. The van der Waals surface area contributed by atoms with Crippen molar-refractivity contribution in [1.82, 2.24) is 5.32 Å². The molecule has 5 heteroatoms. The number of benzene rings is 2. The van der Waals surface area contributed by atoms with Gasteiger partial charge in [-0.2, -0.15) is 0 Å². The summed E-state index contributed by atoms with van der Waals surface area (Å²) in [4.78, 5) is 12.0. The number of halogens is 2. The maximum atomic E-state index is 12.9. The van der Waals surface area contributed by atoms with Crippen molar-refractivity contribution in [3.8, 4) is 5.75 Å². The van der Waals surface area contributed by atoms with Crippen molar-refractivity contribution in [2.75, 3.05) is 6.61 Å². The number of carbonyl (C=O) groups excluding carboxylic acids is 1. The SMILES string of the molecule is Cc1ccc([C@@H](C)NC(=O)COc2ccc(F)cc2Cl)cc1C. The maximum Gasteiger partial charge on any atom is 0.258 e. The van der Waals surface area contributed by atoms with Crippen molar-refractivity contribution in [3.05, 3.63) is 63.9 Å². The van der Waals surface area contributed by atoms with Crippen LogP contribution in [0, 0.1) is 19.7 Å². The fourth-order valence-electron chi connectivity index (χ4n) is 2.14. The Kier molecular flexibility index (Phi) is 5.61. The van der Waals surface area contributed by atoms with Gasteiger partial charge in [-0.15, -0.1) is 0 Å². The van der Waals surface area contributed by atoms with Crippen molar-refractivity contribution >= 4 is 17.5 Å². The van der Waals surface area contributed by atoms with Crippen LogP contribution < -0.4 is 10.1 Å². The lowest BCUT2D eigenvalue weighted by Crippen LogP contribution is -2.31. The summed E-state index contributed by atoms with van der Waals surface area (Å²) in [6.45, 7) is 5.81. The first kappa shape index (κ1) is 17.3. The summed E-state index contributed by atoms with van der Waals surface area (Å²) >= 11 is 5.85. The minimum absolute atomic E-state index is 0.130. The summed E-state index contributed by atoms with van der Waals surface area (Å²) in [5, 5.41) is 3.00. The minimum Gasteiger partial charge on any atom is -0.482 e. The lowest BCUT2D eigenvalue weighted by Gasteiger charge is -2.16. The molecule has 3 nitrogen and oxygen atoms in total. The van der Waals surface area contributed by atoms with Crippen LogP contribution in [-0.2, 0) is 4.79 Å². The highest BCUT2D eigenvalue weighted by molar-refractivity contribution is 6.32. The van der Waals surface area contributed by atoms with Gasteiger partial charge < -0.3 is 10.1 Å². The maximum absolute atomic E-state index is 12.9. The molecule has 0 saturated carbocycles. The molecule has 0 fully saturated rings. The Morgan fingerprint density at radius 2 is 1.96 bits per heavy atom. The number of nitrogens with one attached hydrogen (secondary N) is 1. The summed E-state index contributed by atoms with van der Waals surface area (Å²) in [5.74, 6) is -0.437. The Labute approximate surface area is 140 Å². The third-order valence-electron chi connectivity index (χ3n) is 3.66. The van der Waals surface area contributed by atoms with Gasteiger partial charge in [0.05, 0.1) is 11.1 Å². The number of carbonyl (C=O) groups is 1. The predicted octanol–water partition coefficient (Wildman–Crippen LogP) is 4.35. The average molecular weight is 336 g/mol. The van der Waals surface area contributed by atoms with Gasteiger partial charge in [0.15, 0.2) is 6.61 Å². The number of rotatable bonds is 5. The molecule has 23 heavy (non-hydrogen) atoms. The Bertz CT molecular complexity index is 718. The number of amides is 1. The number of aryl methyl sites for hydroxylation is 2. The highest BCUT2D eigenvalue weighted by atomic mass is 35.5. The van der Waals surface area contributed by atoms with Crippen LogP contribution in [0.15, 0.2) is 36.4 Å². The molecule has 0 aliphatic rings. The van der Waals surface area contributed by atoms with E-state index in [1.807, 2.05) is 32.9 Å². The molecule has 0 aliphatic heterocycles. The molecule has 0 unspecified atom stereocenters. The normalized spacial score (nSPS) is 11.9. The summed E-state index contributed by atoms with van der Waals surface area (Å²) in [6, 6.07) is 9.72. The number of hydrogen-bond donors (Lipinski definition) is 1. The van der Waals surface area contributed by atoms with Crippen LogP contribution in [0.3, 0.4) is 0 Å². The van der Waals surface area contributed by atoms with Gasteiger partial charge in [-0.25, -0.2) is 4.39 Å². The molecule has 0 aromatic heterocycles. The molecule has 0 heterocycles. The third-order valence-corrected chi connectivity index (χ3v) is 3.96. The second-order valence-electron chi connectivity index (χ2n) is 5.50. The smallest absolute Gasteiger partial charge is 0.258 e. The fraction of sp³-hybridized carbons (Fsp3) is 0.278. The zero-order valence-electron chi connectivity index (χ0n) is 13.3. The van der Waals surface area contributed by atoms with Crippen LogP contribution in [0.1, 0.15) is 29.7 Å². The Balaban J connectivity index is 1.92. The van der Waals surface area contributed by atoms with Crippen molar-refractivity contribution in [1.29, 1.82) is 0 Å². The van der Waals surface area contributed by atoms with Crippen LogP contribution in [0.2, 0.25) is 5.02 Å². The first-order valence-electron chi connectivity index (χ1n) is 7.31. The summed E-state index contributed by atoms with van der Waals surface area (Å²) in [7, 11) is 0. The van der Waals surface area contributed by atoms with E-state index in [1.165, 1.54) is 23.3 Å². The van der Waals surface area contributed by atoms with Crippen LogP contribution in [-0.4, -0.2) is 12.5 Å². The van der Waals surface area contributed by atoms with Gasteiger partial charge in [0.2, 0.25) is 0 Å². The topological polar surface area (TPSA) is 38.3 Å². The minimum atomic E-state index is -0.449. The van der Waals surface area contributed by atoms with E-state index in [0.717, 1.165) is 11.6 Å². The second-order valence-corrected chi connectivity index (χ2v) is 5.90. The van der Waals surface area contributed by atoms with Crippen molar-refractivity contribution < 1.29 is 13.9 Å². The molecule has 0 radical (unpaired) electrons. The lowest BCUT2D eigenvalue weighted by molar-refractivity contribution is -0.123. The molecule has 2 rings (SSSR count). The largest absolute Gasteiger partial charge is 0.482 e. The first-order chi connectivity index (χ1) is 10.9. The van der Waals surface area contributed by atoms with Gasteiger partial charge in [-0.1, -0.05) is 29.8 Å². The molecule has 0 bridgehead atoms. The molecule has 0 spiro atoms. The predicted molar refractivity (Wildman–Crippen MR) is 89.4 cm³/mol. The molecular formula is C18H19ClFNO2. The highest BCUT2D eigenvalue weighted by Crippen LogP contribution is 2.24. The van der Waals surface area contributed by atoms with Gasteiger partial charge in [-0.05, 0) is 55.7 Å². The second kappa shape index (κ2) is 7.47. The van der Waals surface area contributed by atoms with Gasteiger partial charge >= 0.3 is 0 Å². The monoisotopic (exact) mass is 335 g/mol. The zero-order valence-corrected chi connectivity index (χ0v) is 14.1. The van der Waals surface area contributed by atoms with Crippen LogP contribution in [0.5, 0.6) is 5.75 Å². The van der Waals surface area contributed by atoms with E-state index in [4.69, 9.17) is 16.3 Å². The molecule has 1 atom stereocenters. The third kappa shape index (κ3) is 4.70. The molecule has 2 aromatic carbocycles. The molecule has 2 aromatic rings. The van der Waals surface area contributed by atoms with Crippen molar-refractivity contribution in [3.63, 3.8) is 0 Å². The fourth-order valence-corrected chi connectivity index (χ4v) is 2.36. The molecular weight excluding hydrogens is 317 g/mol.